The van der Waals surface area contributed by atoms with Crippen molar-refractivity contribution in [2.75, 3.05) is 5.88 Å². The Morgan fingerprint density at radius 2 is 2.12 bits per heavy atom. The summed E-state index contributed by atoms with van der Waals surface area (Å²) in [7, 11) is 0. The second-order valence-electron chi connectivity index (χ2n) is 3.46. The van der Waals surface area contributed by atoms with Gasteiger partial charge in [-0.15, -0.1) is 21.8 Å². The van der Waals surface area contributed by atoms with Crippen molar-refractivity contribution in [3.05, 3.63) is 29.1 Å². The van der Waals surface area contributed by atoms with Crippen molar-refractivity contribution < 1.29 is 9.52 Å². The molecule has 4 nitrogen and oxygen atoms in total. The molecule has 0 radical (unpaired) electrons. The number of aromatic nitrogens is 2. The van der Waals surface area contributed by atoms with Crippen molar-refractivity contribution >= 4 is 23.2 Å². The number of aryl methyl sites for hydroxylation is 1. The lowest BCUT2D eigenvalue weighted by Gasteiger charge is -1.99. The molecule has 1 heterocycles. The molecule has 0 fully saturated rings. The smallest absolute Gasteiger partial charge is 0.249 e. The van der Waals surface area contributed by atoms with Gasteiger partial charge in [0.25, 0.3) is 0 Å². The van der Waals surface area contributed by atoms with E-state index in [-0.39, 0.29) is 5.75 Å². The summed E-state index contributed by atoms with van der Waals surface area (Å²) in [5.74, 6) is 1.46. The lowest BCUT2D eigenvalue weighted by Crippen LogP contribution is -1.85. The Kier molecular flexibility index (Phi) is 3.86. The first-order chi connectivity index (χ1) is 8.20. The third-order valence-corrected chi connectivity index (χ3v) is 2.77. The van der Waals surface area contributed by atoms with Crippen molar-refractivity contribution in [2.45, 2.75) is 12.8 Å². The van der Waals surface area contributed by atoms with E-state index < -0.39 is 0 Å². The summed E-state index contributed by atoms with van der Waals surface area (Å²) in [6.45, 7) is 0. The summed E-state index contributed by atoms with van der Waals surface area (Å²) < 4.78 is 5.43. The minimum atomic E-state index is 0.102. The van der Waals surface area contributed by atoms with Crippen LogP contribution in [-0.2, 0) is 6.42 Å². The lowest BCUT2D eigenvalue weighted by atomic mass is 10.2. The van der Waals surface area contributed by atoms with Crippen LogP contribution in [0.1, 0.15) is 12.3 Å². The molecule has 6 heteroatoms. The van der Waals surface area contributed by atoms with Crippen molar-refractivity contribution in [1.29, 1.82) is 0 Å². The zero-order chi connectivity index (χ0) is 12.3. The fraction of sp³-hybridized carbons (Fsp3) is 0.273. The number of nitrogens with zero attached hydrogens (tertiary/aromatic N) is 2. The fourth-order valence-electron chi connectivity index (χ4n) is 1.36. The Hall–Kier alpha value is -1.26. The predicted octanol–water partition coefficient (Wildman–Crippen LogP) is 3.27. The molecule has 2 aromatic rings. The third-order valence-electron chi connectivity index (χ3n) is 2.17. The van der Waals surface area contributed by atoms with Gasteiger partial charge in [0.1, 0.15) is 5.75 Å². The van der Waals surface area contributed by atoms with Crippen LogP contribution < -0.4 is 0 Å². The van der Waals surface area contributed by atoms with E-state index >= 15 is 0 Å². The van der Waals surface area contributed by atoms with Crippen LogP contribution in [0, 0.1) is 0 Å². The van der Waals surface area contributed by atoms with E-state index in [2.05, 4.69) is 10.2 Å². The summed E-state index contributed by atoms with van der Waals surface area (Å²) >= 11 is 11.6. The predicted molar refractivity (Wildman–Crippen MR) is 65.4 cm³/mol. The van der Waals surface area contributed by atoms with E-state index in [1.54, 1.807) is 6.07 Å². The highest BCUT2D eigenvalue weighted by Crippen LogP contribution is 2.30. The van der Waals surface area contributed by atoms with Gasteiger partial charge in [-0.2, -0.15) is 0 Å². The van der Waals surface area contributed by atoms with Crippen molar-refractivity contribution in [2.24, 2.45) is 0 Å². The van der Waals surface area contributed by atoms with Crippen LogP contribution in [0.5, 0.6) is 5.75 Å². The fourth-order valence-corrected chi connectivity index (χ4v) is 1.69. The first-order valence-electron chi connectivity index (χ1n) is 5.08. The standard InChI is InChI=1S/C11H10Cl2N2O2/c12-5-1-2-10-14-15-11(17-10)8-6-7(16)3-4-9(8)13/h3-4,6,16H,1-2,5H2. The normalized spacial score (nSPS) is 10.7. The minimum Gasteiger partial charge on any atom is -0.508 e. The van der Waals surface area contributed by atoms with Gasteiger partial charge in [0.15, 0.2) is 0 Å². The maximum atomic E-state index is 9.38. The molecule has 90 valence electrons. The van der Waals surface area contributed by atoms with Crippen LogP contribution >= 0.6 is 23.2 Å². The monoisotopic (exact) mass is 272 g/mol. The van der Waals surface area contributed by atoms with Gasteiger partial charge in [0, 0.05) is 12.3 Å². The Bertz CT molecular complexity index is 514. The molecule has 1 aromatic heterocycles. The minimum absolute atomic E-state index is 0.102. The second kappa shape index (κ2) is 5.38. The molecule has 0 aliphatic carbocycles. The Labute approximate surface area is 108 Å². The molecular weight excluding hydrogens is 263 g/mol. The molecule has 0 aliphatic heterocycles. The lowest BCUT2D eigenvalue weighted by molar-refractivity contribution is 0.474. The topological polar surface area (TPSA) is 59.2 Å². The van der Waals surface area contributed by atoms with E-state index in [0.29, 0.717) is 34.7 Å². The van der Waals surface area contributed by atoms with Crippen molar-refractivity contribution in [3.63, 3.8) is 0 Å². The van der Waals surface area contributed by atoms with Gasteiger partial charge in [-0.05, 0) is 24.6 Å². The molecule has 0 spiro atoms. The van der Waals surface area contributed by atoms with Gasteiger partial charge in [0.05, 0.1) is 10.6 Å². The number of halogens is 2. The van der Waals surface area contributed by atoms with Crippen LogP contribution in [0.2, 0.25) is 5.02 Å². The molecule has 2 rings (SSSR count). The number of benzene rings is 1. The quantitative estimate of drug-likeness (QED) is 0.868. The number of hydrogen-bond acceptors (Lipinski definition) is 4. The van der Waals surface area contributed by atoms with E-state index in [0.717, 1.165) is 6.42 Å². The van der Waals surface area contributed by atoms with Crippen LogP contribution in [0.3, 0.4) is 0 Å². The highest BCUT2D eigenvalue weighted by atomic mass is 35.5. The zero-order valence-corrected chi connectivity index (χ0v) is 10.4. The van der Waals surface area contributed by atoms with Crippen LogP contribution in [0.15, 0.2) is 22.6 Å². The maximum absolute atomic E-state index is 9.38. The Balaban J connectivity index is 2.27. The Morgan fingerprint density at radius 1 is 1.29 bits per heavy atom. The summed E-state index contributed by atoms with van der Waals surface area (Å²) in [5.41, 5.74) is 0.524. The summed E-state index contributed by atoms with van der Waals surface area (Å²) in [4.78, 5) is 0. The molecule has 0 amide bonds. The average Bonchev–Trinajstić information content (AvgIpc) is 2.78. The number of rotatable bonds is 4. The summed E-state index contributed by atoms with van der Waals surface area (Å²) in [6.07, 6.45) is 1.41. The van der Waals surface area contributed by atoms with E-state index in [1.807, 2.05) is 0 Å². The van der Waals surface area contributed by atoms with Crippen LogP contribution in [0.4, 0.5) is 0 Å². The summed E-state index contributed by atoms with van der Waals surface area (Å²) in [6, 6.07) is 4.56. The number of phenols is 1. The van der Waals surface area contributed by atoms with Gasteiger partial charge in [-0.25, -0.2) is 0 Å². The average molecular weight is 273 g/mol. The van der Waals surface area contributed by atoms with E-state index in [4.69, 9.17) is 27.6 Å². The number of phenolic OH excluding ortho intramolecular Hbond substituents is 1. The third kappa shape index (κ3) is 2.90. The molecule has 0 atom stereocenters. The van der Waals surface area contributed by atoms with Crippen molar-refractivity contribution in [1.82, 2.24) is 10.2 Å². The number of aromatic hydroxyl groups is 1. The molecular formula is C11H10Cl2N2O2. The van der Waals surface area contributed by atoms with E-state index in [1.165, 1.54) is 12.1 Å². The van der Waals surface area contributed by atoms with Gasteiger partial charge in [0.2, 0.25) is 11.8 Å². The van der Waals surface area contributed by atoms with Gasteiger partial charge >= 0.3 is 0 Å². The van der Waals surface area contributed by atoms with E-state index in [9.17, 15) is 5.11 Å². The maximum Gasteiger partial charge on any atom is 0.249 e. The number of hydrogen-bond donors (Lipinski definition) is 1. The molecule has 0 aliphatic rings. The summed E-state index contributed by atoms with van der Waals surface area (Å²) in [5, 5.41) is 17.6. The molecule has 17 heavy (non-hydrogen) atoms. The molecule has 0 bridgehead atoms. The molecule has 0 saturated carbocycles. The first kappa shape index (κ1) is 12.2. The molecule has 1 aromatic carbocycles. The van der Waals surface area contributed by atoms with Crippen LogP contribution in [0.25, 0.3) is 11.5 Å². The molecule has 1 N–H and O–H groups in total. The highest BCUT2D eigenvalue weighted by molar-refractivity contribution is 6.33. The second-order valence-corrected chi connectivity index (χ2v) is 4.24. The molecule has 0 unspecified atom stereocenters. The number of alkyl halides is 1. The largest absolute Gasteiger partial charge is 0.508 e. The zero-order valence-electron chi connectivity index (χ0n) is 8.86. The Morgan fingerprint density at radius 3 is 2.88 bits per heavy atom. The SMILES string of the molecule is Oc1ccc(Cl)c(-c2nnc(CCCCl)o2)c1. The van der Waals surface area contributed by atoms with Gasteiger partial charge in [-0.3, -0.25) is 0 Å². The molecule has 0 saturated heterocycles. The first-order valence-corrected chi connectivity index (χ1v) is 5.99. The highest BCUT2D eigenvalue weighted by Gasteiger charge is 2.12. The van der Waals surface area contributed by atoms with Gasteiger partial charge < -0.3 is 9.52 Å². The van der Waals surface area contributed by atoms with Crippen molar-refractivity contribution in [3.8, 4) is 17.2 Å². The van der Waals surface area contributed by atoms with Crippen LogP contribution in [-0.4, -0.2) is 21.2 Å². The van der Waals surface area contributed by atoms with Gasteiger partial charge in [-0.1, -0.05) is 11.6 Å².